The number of ether oxygens (including phenoxy) is 3. The van der Waals surface area contributed by atoms with Crippen LogP contribution in [0.2, 0.25) is 0 Å². The fourth-order valence-corrected chi connectivity index (χ4v) is 6.18. The van der Waals surface area contributed by atoms with Gasteiger partial charge in [0.1, 0.15) is 11.9 Å². The molecule has 0 saturated carbocycles. The number of hydrogen-bond donors (Lipinski definition) is 1. The summed E-state index contributed by atoms with van der Waals surface area (Å²) in [5, 5.41) is 10.5. The number of fused-ring (bicyclic) bond motifs is 3. The minimum atomic E-state index is -0.776. The van der Waals surface area contributed by atoms with Gasteiger partial charge in [-0.05, 0) is 100 Å². The Balaban J connectivity index is 1.73. The first-order valence-electron chi connectivity index (χ1n) is 14.5. The zero-order valence-corrected chi connectivity index (χ0v) is 24.8. The molecule has 6 atom stereocenters. The van der Waals surface area contributed by atoms with Gasteiger partial charge in [-0.25, -0.2) is 4.79 Å². The van der Waals surface area contributed by atoms with Gasteiger partial charge in [0.2, 0.25) is 0 Å². The van der Waals surface area contributed by atoms with Crippen molar-refractivity contribution in [2.75, 3.05) is 0 Å². The van der Waals surface area contributed by atoms with E-state index < -0.39 is 5.79 Å². The van der Waals surface area contributed by atoms with Gasteiger partial charge in [-0.3, -0.25) is 0 Å². The molecule has 1 N–H and O–H groups in total. The second kappa shape index (κ2) is 12.3. The molecule has 2 saturated heterocycles. The van der Waals surface area contributed by atoms with Crippen molar-refractivity contribution in [1.29, 1.82) is 0 Å². The van der Waals surface area contributed by atoms with E-state index in [1.165, 1.54) is 11.1 Å². The van der Waals surface area contributed by atoms with Gasteiger partial charge in [0.15, 0.2) is 5.79 Å². The molecule has 0 radical (unpaired) electrons. The Kier molecular flexibility index (Phi) is 9.23. The van der Waals surface area contributed by atoms with E-state index in [0.29, 0.717) is 41.4 Å². The summed E-state index contributed by atoms with van der Waals surface area (Å²) >= 11 is 0. The van der Waals surface area contributed by atoms with Crippen molar-refractivity contribution in [3.8, 4) is 5.75 Å². The molecule has 39 heavy (non-hydrogen) atoms. The minimum Gasteiger partial charge on any atom is -0.508 e. The highest BCUT2D eigenvalue weighted by Crippen LogP contribution is 2.44. The van der Waals surface area contributed by atoms with Gasteiger partial charge in [-0.1, -0.05) is 49.8 Å². The van der Waals surface area contributed by atoms with Crippen molar-refractivity contribution in [3.05, 3.63) is 70.3 Å². The normalized spacial score (nSPS) is 36.2. The number of rotatable bonds is 1. The Morgan fingerprint density at radius 2 is 1.87 bits per heavy atom. The highest BCUT2D eigenvalue weighted by molar-refractivity contribution is 5.96. The Bertz CT molecular complexity index is 1190. The molecule has 0 aliphatic carbocycles. The first kappa shape index (κ1) is 29.4. The van der Waals surface area contributed by atoms with Crippen LogP contribution in [0.3, 0.4) is 0 Å². The molecule has 3 aliphatic heterocycles. The first-order valence-corrected chi connectivity index (χ1v) is 14.5. The molecule has 0 amide bonds. The van der Waals surface area contributed by atoms with Gasteiger partial charge >= 0.3 is 5.97 Å². The van der Waals surface area contributed by atoms with Gasteiger partial charge in [-0.15, -0.1) is 0 Å². The molecule has 0 aromatic heterocycles. The number of phenolic OH excluding ortho intramolecular Hbond substituents is 1. The third-order valence-corrected chi connectivity index (χ3v) is 8.60. The van der Waals surface area contributed by atoms with Crippen LogP contribution in [0.25, 0.3) is 5.57 Å². The molecule has 5 heteroatoms. The number of phenols is 1. The number of aromatic hydroxyl groups is 1. The van der Waals surface area contributed by atoms with Crippen LogP contribution in [0.1, 0.15) is 102 Å². The van der Waals surface area contributed by atoms with Crippen molar-refractivity contribution in [2.45, 2.75) is 111 Å². The maximum Gasteiger partial charge on any atom is 0.339 e. The fourth-order valence-electron chi connectivity index (χ4n) is 6.18. The second-order valence-corrected chi connectivity index (χ2v) is 12.1. The molecule has 4 rings (SSSR count). The van der Waals surface area contributed by atoms with Crippen molar-refractivity contribution in [1.82, 2.24) is 0 Å². The average molecular weight is 535 g/mol. The number of aryl methyl sites for hydroxylation is 1. The van der Waals surface area contributed by atoms with E-state index in [9.17, 15) is 9.90 Å². The Hall–Kier alpha value is -2.63. The van der Waals surface area contributed by atoms with Gasteiger partial charge in [0.05, 0.1) is 17.8 Å². The number of hydrogen-bond acceptors (Lipinski definition) is 5. The predicted octanol–water partition coefficient (Wildman–Crippen LogP) is 8.22. The van der Waals surface area contributed by atoms with Crippen LogP contribution in [-0.4, -0.2) is 35.2 Å². The number of carbonyl (C=O) groups excluding carboxylic acids is 1. The molecular weight excluding hydrogens is 488 g/mol. The van der Waals surface area contributed by atoms with Crippen molar-refractivity contribution >= 4 is 11.5 Å². The Morgan fingerprint density at radius 1 is 1.10 bits per heavy atom. The lowest BCUT2D eigenvalue weighted by atomic mass is 9.84. The van der Waals surface area contributed by atoms with Crippen LogP contribution < -0.4 is 0 Å². The zero-order valence-electron chi connectivity index (χ0n) is 24.8. The molecule has 5 nitrogen and oxygen atoms in total. The smallest absolute Gasteiger partial charge is 0.339 e. The topological polar surface area (TPSA) is 65.0 Å². The van der Waals surface area contributed by atoms with E-state index in [1.807, 2.05) is 26.0 Å². The van der Waals surface area contributed by atoms with E-state index in [2.05, 4.69) is 45.9 Å². The molecular formula is C34H46O5. The maximum absolute atomic E-state index is 13.7. The second-order valence-electron chi connectivity index (χ2n) is 12.1. The molecule has 2 fully saturated rings. The number of esters is 1. The van der Waals surface area contributed by atoms with Gasteiger partial charge < -0.3 is 19.3 Å². The number of carbonyl (C=O) groups is 1. The summed E-state index contributed by atoms with van der Waals surface area (Å²) in [6, 6.07) is 3.41. The highest BCUT2D eigenvalue weighted by Gasteiger charge is 2.48. The van der Waals surface area contributed by atoms with Crippen LogP contribution in [0, 0.1) is 18.8 Å². The number of allylic oxidation sites excluding steroid dienone is 6. The van der Waals surface area contributed by atoms with Crippen molar-refractivity contribution in [2.24, 2.45) is 11.8 Å². The Morgan fingerprint density at radius 3 is 2.62 bits per heavy atom. The summed E-state index contributed by atoms with van der Waals surface area (Å²) in [7, 11) is 0. The van der Waals surface area contributed by atoms with E-state index in [-0.39, 0.29) is 30.0 Å². The third-order valence-electron chi connectivity index (χ3n) is 8.60. The van der Waals surface area contributed by atoms with E-state index >= 15 is 0 Å². The lowest BCUT2D eigenvalue weighted by molar-refractivity contribution is -0.328. The summed E-state index contributed by atoms with van der Waals surface area (Å²) in [5.41, 5.74) is 5.24. The summed E-state index contributed by atoms with van der Waals surface area (Å²) in [6.45, 7) is 14.6. The summed E-state index contributed by atoms with van der Waals surface area (Å²) in [6.07, 6.45) is 14.8. The monoisotopic (exact) mass is 534 g/mol. The Labute approximate surface area is 234 Å². The van der Waals surface area contributed by atoms with Gasteiger partial charge in [0.25, 0.3) is 0 Å². The van der Waals surface area contributed by atoms with Crippen LogP contribution >= 0.6 is 0 Å². The highest BCUT2D eigenvalue weighted by atomic mass is 16.7. The molecule has 3 heterocycles. The van der Waals surface area contributed by atoms with E-state index in [4.69, 9.17) is 14.2 Å². The number of benzene rings is 1. The first-order chi connectivity index (χ1) is 18.5. The SMILES string of the molecule is C/C=C(\C)[C@H]1O[C@]2(CC[C@@H]1C)C[C@@H]1C[C@@H](C/C=C(\C)C[C@@H](C)/C=C/C=C(\C)c3cc(O)c(C)cc3C(=O)O1)O2. The molecule has 2 bridgehead atoms. The third kappa shape index (κ3) is 6.93. The summed E-state index contributed by atoms with van der Waals surface area (Å²) in [4.78, 5) is 13.7. The summed E-state index contributed by atoms with van der Waals surface area (Å²) in [5.74, 6) is -0.211. The maximum atomic E-state index is 13.7. The lowest BCUT2D eigenvalue weighted by Crippen LogP contribution is -2.54. The van der Waals surface area contributed by atoms with Gasteiger partial charge in [0, 0.05) is 19.3 Å². The molecule has 1 aromatic carbocycles. The minimum absolute atomic E-state index is 0.0132. The molecule has 0 unspecified atom stereocenters. The fraction of sp³-hybridized carbons (Fsp3) is 0.559. The van der Waals surface area contributed by atoms with Crippen molar-refractivity contribution < 1.29 is 24.1 Å². The van der Waals surface area contributed by atoms with Crippen LogP contribution in [-0.2, 0) is 14.2 Å². The zero-order chi connectivity index (χ0) is 28.3. The van der Waals surface area contributed by atoms with Crippen LogP contribution in [0.15, 0.2) is 53.7 Å². The molecule has 1 aromatic rings. The van der Waals surface area contributed by atoms with Crippen LogP contribution in [0.5, 0.6) is 5.75 Å². The molecule has 212 valence electrons. The quantitative estimate of drug-likeness (QED) is 0.290. The predicted molar refractivity (Wildman–Crippen MR) is 157 cm³/mol. The molecule has 3 aliphatic rings. The van der Waals surface area contributed by atoms with E-state index in [0.717, 1.165) is 31.3 Å². The standard InChI is InChI=1S/C34H46O5/c1-8-23(4)32-25(6)14-15-34(39-32)20-28-18-27(38-34)13-12-22(3)16-21(2)10-9-11-24(5)29-19-31(35)26(7)17-30(29)33(36)37-28/h8-12,17,19,21,25,27-28,32,35H,13-16,18,20H2,1-7H3/b10-9+,22-12+,23-8+,24-11+/t21-,25-,27+,28-,32+,34+/m0/s1. The van der Waals surface area contributed by atoms with Gasteiger partial charge in [-0.2, -0.15) is 0 Å². The van der Waals surface area contributed by atoms with E-state index in [1.54, 1.807) is 19.1 Å². The summed E-state index contributed by atoms with van der Waals surface area (Å²) < 4.78 is 19.8. The lowest BCUT2D eigenvalue weighted by Gasteiger charge is -2.49. The molecule has 1 spiro atoms. The van der Waals surface area contributed by atoms with Crippen molar-refractivity contribution in [3.63, 3.8) is 0 Å². The largest absolute Gasteiger partial charge is 0.508 e. The van der Waals surface area contributed by atoms with Crippen LogP contribution in [0.4, 0.5) is 0 Å². The average Bonchev–Trinajstić information content (AvgIpc) is 2.89.